The van der Waals surface area contributed by atoms with Crippen molar-refractivity contribution in [3.05, 3.63) is 24.0 Å². The number of aromatic nitrogens is 1. The zero-order valence-corrected chi connectivity index (χ0v) is 10.1. The topological polar surface area (TPSA) is 57.4 Å². The summed E-state index contributed by atoms with van der Waals surface area (Å²) in [5, 5.41) is 0. The van der Waals surface area contributed by atoms with Crippen LogP contribution in [0.3, 0.4) is 0 Å². The zero-order chi connectivity index (χ0) is 11.9. The number of nitrogens with zero attached hydrogens (tertiary/aromatic N) is 1. The molecule has 0 amide bonds. The summed E-state index contributed by atoms with van der Waals surface area (Å²) in [6, 6.07) is 3.95. The Bertz CT molecular complexity index is 321. The fraction of sp³-hybridized carbons (Fsp3) is 0.615. The van der Waals surface area contributed by atoms with Crippen LogP contribution in [0.4, 0.5) is 0 Å². The molecule has 1 aliphatic heterocycles. The van der Waals surface area contributed by atoms with Gasteiger partial charge in [0.25, 0.3) is 0 Å². The third kappa shape index (κ3) is 3.98. The highest BCUT2D eigenvalue weighted by Crippen LogP contribution is 2.17. The normalized spacial score (nSPS) is 17.0. The summed E-state index contributed by atoms with van der Waals surface area (Å²) < 4.78 is 11.0. The van der Waals surface area contributed by atoms with Gasteiger partial charge < -0.3 is 15.2 Å². The van der Waals surface area contributed by atoms with E-state index in [0.717, 1.165) is 50.5 Å². The molecule has 1 saturated heterocycles. The summed E-state index contributed by atoms with van der Waals surface area (Å²) in [7, 11) is 0. The first-order chi connectivity index (χ1) is 8.38. The number of hydrogen-bond donors (Lipinski definition) is 1. The molecule has 0 spiro atoms. The fourth-order valence-electron chi connectivity index (χ4n) is 1.92. The molecular formula is C13H20N2O2. The van der Waals surface area contributed by atoms with E-state index in [4.69, 9.17) is 15.2 Å². The van der Waals surface area contributed by atoms with E-state index >= 15 is 0 Å². The van der Waals surface area contributed by atoms with Gasteiger partial charge in [0.05, 0.1) is 12.8 Å². The van der Waals surface area contributed by atoms with Gasteiger partial charge in [-0.2, -0.15) is 0 Å². The van der Waals surface area contributed by atoms with Crippen LogP contribution in [0.25, 0.3) is 0 Å². The van der Waals surface area contributed by atoms with E-state index < -0.39 is 0 Å². The van der Waals surface area contributed by atoms with Crippen LogP contribution in [-0.2, 0) is 11.2 Å². The monoisotopic (exact) mass is 236 g/mol. The lowest BCUT2D eigenvalue weighted by molar-refractivity contribution is 0.0497. The van der Waals surface area contributed by atoms with Crippen molar-refractivity contribution >= 4 is 0 Å². The maximum absolute atomic E-state index is 5.73. The van der Waals surface area contributed by atoms with Gasteiger partial charge in [-0.05, 0) is 37.4 Å². The van der Waals surface area contributed by atoms with Crippen LogP contribution in [0.1, 0.15) is 18.5 Å². The number of rotatable bonds is 5. The molecule has 4 nitrogen and oxygen atoms in total. The van der Waals surface area contributed by atoms with Gasteiger partial charge >= 0.3 is 0 Å². The predicted octanol–water partition coefficient (Wildman–Crippen LogP) is 1.39. The van der Waals surface area contributed by atoms with Crippen molar-refractivity contribution < 1.29 is 9.47 Å². The minimum atomic E-state index is 0.618. The van der Waals surface area contributed by atoms with Crippen molar-refractivity contribution in [2.75, 3.05) is 26.4 Å². The lowest BCUT2D eigenvalue weighted by Crippen LogP contribution is -2.21. The predicted molar refractivity (Wildman–Crippen MR) is 66.0 cm³/mol. The Kier molecular flexibility index (Phi) is 4.76. The van der Waals surface area contributed by atoms with Crippen LogP contribution in [-0.4, -0.2) is 31.3 Å². The largest absolute Gasteiger partial charge is 0.492 e. The van der Waals surface area contributed by atoms with Gasteiger partial charge in [-0.25, -0.2) is 0 Å². The van der Waals surface area contributed by atoms with E-state index in [0.29, 0.717) is 12.5 Å². The molecule has 0 aliphatic carbocycles. The minimum Gasteiger partial charge on any atom is -0.492 e. The van der Waals surface area contributed by atoms with Crippen LogP contribution < -0.4 is 10.5 Å². The zero-order valence-electron chi connectivity index (χ0n) is 10.1. The summed E-state index contributed by atoms with van der Waals surface area (Å²) in [6.45, 7) is 3.12. The van der Waals surface area contributed by atoms with E-state index in [1.807, 2.05) is 12.1 Å². The molecule has 1 aliphatic rings. The van der Waals surface area contributed by atoms with Crippen molar-refractivity contribution in [2.24, 2.45) is 11.7 Å². The number of nitrogens with two attached hydrogens (primary N) is 1. The number of pyridine rings is 1. The summed E-state index contributed by atoms with van der Waals surface area (Å²) in [5.74, 6) is 1.46. The van der Waals surface area contributed by atoms with Crippen LogP contribution in [0.2, 0.25) is 0 Å². The van der Waals surface area contributed by atoms with Gasteiger partial charge in [-0.1, -0.05) is 0 Å². The minimum absolute atomic E-state index is 0.618. The first-order valence-corrected chi connectivity index (χ1v) is 6.24. The molecule has 0 atom stereocenters. The molecule has 94 valence electrons. The van der Waals surface area contributed by atoms with Gasteiger partial charge in [0.15, 0.2) is 0 Å². The molecule has 0 aromatic carbocycles. The third-order valence-corrected chi connectivity index (χ3v) is 3.02. The molecule has 0 radical (unpaired) electrons. The van der Waals surface area contributed by atoms with Crippen molar-refractivity contribution in [1.29, 1.82) is 0 Å². The molecule has 2 heterocycles. The van der Waals surface area contributed by atoms with E-state index in [2.05, 4.69) is 4.98 Å². The van der Waals surface area contributed by atoms with E-state index in [1.165, 1.54) is 0 Å². The second-order valence-electron chi connectivity index (χ2n) is 4.39. The Hall–Kier alpha value is -1.13. The Morgan fingerprint density at radius 1 is 1.35 bits per heavy atom. The van der Waals surface area contributed by atoms with Crippen molar-refractivity contribution in [2.45, 2.75) is 19.3 Å². The Morgan fingerprint density at radius 2 is 2.18 bits per heavy atom. The maximum atomic E-state index is 5.73. The second-order valence-corrected chi connectivity index (χ2v) is 4.39. The van der Waals surface area contributed by atoms with Crippen molar-refractivity contribution in [3.63, 3.8) is 0 Å². The van der Waals surface area contributed by atoms with Gasteiger partial charge in [0.2, 0.25) is 0 Å². The van der Waals surface area contributed by atoms with E-state index in [9.17, 15) is 0 Å². The van der Waals surface area contributed by atoms with Crippen molar-refractivity contribution in [1.82, 2.24) is 4.98 Å². The average Bonchev–Trinajstić information content (AvgIpc) is 2.40. The second kappa shape index (κ2) is 6.57. The highest BCUT2D eigenvalue weighted by atomic mass is 16.5. The molecule has 0 unspecified atom stereocenters. The van der Waals surface area contributed by atoms with Gasteiger partial charge in [-0.3, -0.25) is 4.98 Å². The van der Waals surface area contributed by atoms with Gasteiger partial charge in [0, 0.05) is 25.3 Å². The van der Waals surface area contributed by atoms with Crippen LogP contribution in [0.5, 0.6) is 5.75 Å². The molecule has 0 bridgehead atoms. The molecule has 2 rings (SSSR count). The number of hydrogen-bond acceptors (Lipinski definition) is 4. The average molecular weight is 236 g/mol. The number of ether oxygens (including phenoxy) is 2. The van der Waals surface area contributed by atoms with E-state index in [1.54, 1.807) is 6.20 Å². The lowest BCUT2D eigenvalue weighted by Gasteiger charge is -2.21. The molecule has 1 aromatic rings. The molecule has 4 heteroatoms. The summed E-state index contributed by atoms with van der Waals surface area (Å²) in [4.78, 5) is 4.30. The smallest absolute Gasteiger partial charge is 0.137 e. The molecule has 2 N–H and O–H groups in total. The Labute approximate surface area is 102 Å². The summed E-state index contributed by atoms with van der Waals surface area (Å²) in [6.07, 6.45) is 4.79. The first-order valence-electron chi connectivity index (χ1n) is 6.24. The third-order valence-electron chi connectivity index (χ3n) is 3.02. The van der Waals surface area contributed by atoms with Gasteiger partial charge in [-0.15, -0.1) is 0 Å². The Balaban J connectivity index is 1.77. The molecular weight excluding hydrogens is 216 g/mol. The van der Waals surface area contributed by atoms with Crippen LogP contribution in [0.15, 0.2) is 18.3 Å². The SMILES string of the molecule is NCCc1ccc(OCC2CCOCC2)cn1. The fourth-order valence-corrected chi connectivity index (χ4v) is 1.92. The highest BCUT2D eigenvalue weighted by Gasteiger charge is 2.14. The quantitative estimate of drug-likeness (QED) is 0.839. The lowest BCUT2D eigenvalue weighted by atomic mass is 10.0. The summed E-state index contributed by atoms with van der Waals surface area (Å²) >= 11 is 0. The molecule has 1 aromatic heterocycles. The molecule has 1 fully saturated rings. The van der Waals surface area contributed by atoms with Gasteiger partial charge in [0.1, 0.15) is 5.75 Å². The highest BCUT2D eigenvalue weighted by molar-refractivity contribution is 5.20. The Morgan fingerprint density at radius 3 is 2.82 bits per heavy atom. The molecule has 0 saturated carbocycles. The first kappa shape index (κ1) is 12.3. The van der Waals surface area contributed by atoms with E-state index in [-0.39, 0.29) is 0 Å². The standard InChI is InChI=1S/C13H20N2O2/c14-6-3-12-1-2-13(9-15-12)17-10-11-4-7-16-8-5-11/h1-2,9,11H,3-8,10,14H2. The van der Waals surface area contributed by atoms with Crippen LogP contribution >= 0.6 is 0 Å². The van der Waals surface area contributed by atoms with Crippen LogP contribution in [0, 0.1) is 5.92 Å². The summed E-state index contributed by atoms with van der Waals surface area (Å²) in [5.41, 5.74) is 6.49. The van der Waals surface area contributed by atoms with Crippen molar-refractivity contribution in [3.8, 4) is 5.75 Å². The molecule has 17 heavy (non-hydrogen) atoms. The maximum Gasteiger partial charge on any atom is 0.137 e.